The van der Waals surface area contributed by atoms with E-state index in [-0.39, 0.29) is 18.4 Å². The zero-order valence-electron chi connectivity index (χ0n) is 15.7. The second-order valence-electron chi connectivity index (χ2n) is 7.17. The van der Waals surface area contributed by atoms with Crippen molar-refractivity contribution in [3.63, 3.8) is 0 Å². The first-order valence-corrected chi connectivity index (χ1v) is 9.56. The molecule has 0 saturated carbocycles. The van der Waals surface area contributed by atoms with Gasteiger partial charge in [-0.05, 0) is 30.2 Å². The van der Waals surface area contributed by atoms with E-state index in [9.17, 15) is 14.9 Å². The lowest BCUT2D eigenvalue weighted by Crippen LogP contribution is -2.42. The number of hydrogen-bond donors (Lipinski definition) is 0. The molecule has 2 aliphatic heterocycles. The third-order valence-electron chi connectivity index (χ3n) is 5.44. The molecule has 1 saturated heterocycles. The van der Waals surface area contributed by atoms with E-state index in [4.69, 9.17) is 0 Å². The van der Waals surface area contributed by atoms with Gasteiger partial charge >= 0.3 is 0 Å². The lowest BCUT2D eigenvalue weighted by molar-refractivity contribution is -0.131. The van der Waals surface area contributed by atoms with Gasteiger partial charge in [-0.15, -0.1) is 0 Å². The molecule has 0 bridgehead atoms. The summed E-state index contributed by atoms with van der Waals surface area (Å²) >= 11 is 0. The molecular formula is C22H22N4O2. The van der Waals surface area contributed by atoms with Crippen molar-refractivity contribution in [3.05, 3.63) is 65.2 Å². The monoisotopic (exact) mass is 374 g/mol. The third kappa shape index (κ3) is 3.44. The molecule has 6 heteroatoms. The number of nitrogens with zero attached hydrogens (tertiary/aromatic N) is 4. The Hall–Kier alpha value is -3.33. The molecule has 0 unspecified atom stereocenters. The summed E-state index contributed by atoms with van der Waals surface area (Å²) in [6.07, 6.45) is 0.833. The van der Waals surface area contributed by atoms with E-state index in [0.717, 1.165) is 24.2 Å². The SMILES string of the molecule is N#Cc1ccccc1N1CCCN(C(=O)CN2Cc3ccccc3C2=O)CC1. The van der Waals surface area contributed by atoms with Crippen LogP contribution in [0.25, 0.3) is 0 Å². The number of para-hydroxylation sites is 1. The maximum atomic E-state index is 12.8. The highest BCUT2D eigenvalue weighted by Crippen LogP contribution is 2.23. The number of anilines is 1. The summed E-state index contributed by atoms with van der Waals surface area (Å²) in [5.74, 6) is -0.0834. The standard InChI is InChI=1S/C22H22N4O2/c23-14-17-6-2-4-9-20(17)24-10-5-11-25(13-12-24)21(27)16-26-15-18-7-1-3-8-19(18)22(26)28/h1-4,6-9H,5,10-13,15-16H2. The molecule has 0 radical (unpaired) electrons. The van der Waals surface area contributed by atoms with Crippen LogP contribution in [0.3, 0.4) is 0 Å². The Morgan fingerprint density at radius 3 is 2.61 bits per heavy atom. The van der Waals surface area contributed by atoms with Crippen molar-refractivity contribution >= 4 is 17.5 Å². The van der Waals surface area contributed by atoms with Crippen molar-refractivity contribution < 1.29 is 9.59 Å². The maximum absolute atomic E-state index is 12.8. The molecule has 4 rings (SSSR count). The number of amides is 2. The molecule has 0 aromatic heterocycles. The quantitative estimate of drug-likeness (QED) is 0.826. The predicted molar refractivity (Wildman–Crippen MR) is 106 cm³/mol. The van der Waals surface area contributed by atoms with Crippen LogP contribution in [0.1, 0.15) is 27.9 Å². The Balaban J connectivity index is 1.39. The molecule has 2 aromatic rings. The molecule has 2 heterocycles. The van der Waals surface area contributed by atoms with Gasteiger partial charge in [0.05, 0.1) is 11.3 Å². The Morgan fingerprint density at radius 1 is 1.00 bits per heavy atom. The van der Waals surface area contributed by atoms with E-state index in [1.807, 2.05) is 53.4 Å². The summed E-state index contributed by atoms with van der Waals surface area (Å²) in [6, 6.07) is 17.3. The Kier molecular flexibility index (Phi) is 4.98. The Bertz CT molecular complexity index is 950. The summed E-state index contributed by atoms with van der Waals surface area (Å²) in [5, 5.41) is 9.34. The summed E-state index contributed by atoms with van der Waals surface area (Å²) < 4.78 is 0. The van der Waals surface area contributed by atoms with Crippen LogP contribution in [0.15, 0.2) is 48.5 Å². The first kappa shape index (κ1) is 18.1. The van der Waals surface area contributed by atoms with Crippen molar-refractivity contribution in [3.8, 4) is 6.07 Å². The van der Waals surface area contributed by atoms with E-state index in [1.54, 1.807) is 4.90 Å². The van der Waals surface area contributed by atoms with Gasteiger partial charge in [-0.2, -0.15) is 5.26 Å². The van der Waals surface area contributed by atoms with Crippen LogP contribution in [-0.2, 0) is 11.3 Å². The fraction of sp³-hybridized carbons (Fsp3) is 0.318. The molecule has 0 atom stereocenters. The van der Waals surface area contributed by atoms with Crippen LogP contribution in [0.4, 0.5) is 5.69 Å². The smallest absolute Gasteiger partial charge is 0.254 e. The van der Waals surface area contributed by atoms with Crippen LogP contribution in [0, 0.1) is 11.3 Å². The summed E-state index contributed by atoms with van der Waals surface area (Å²) in [4.78, 5) is 31.0. The van der Waals surface area contributed by atoms with E-state index in [1.165, 1.54) is 0 Å². The van der Waals surface area contributed by atoms with Crippen LogP contribution >= 0.6 is 0 Å². The second kappa shape index (κ2) is 7.73. The van der Waals surface area contributed by atoms with Gasteiger partial charge in [-0.1, -0.05) is 30.3 Å². The number of carbonyl (C=O) groups is 2. The van der Waals surface area contributed by atoms with E-state index < -0.39 is 0 Å². The number of carbonyl (C=O) groups excluding carboxylic acids is 2. The van der Waals surface area contributed by atoms with Crippen molar-refractivity contribution in [2.24, 2.45) is 0 Å². The highest BCUT2D eigenvalue weighted by Gasteiger charge is 2.30. The van der Waals surface area contributed by atoms with Gasteiger partial charge in [0.15, 0.2) is 0 Å². The van der Waals surface area contributed by atoms with E-state index in [2.05, 4.69) is 11.0 Å². The van der Waals surface area contributed by atoms with E-state index in [0.29, 0.717) is 37.3 Å². The van der Waals surface area contributed by atoms with E-state index >= 15 is 0 Å². The average molecular weight is 374 g/mol. The zero-order valence-corrected chi connectivity index (χ0v) is 15.7. The number of rotatable bonds is 3. The molecular weight excluding hydrogens is 352 g/mol. The molecule has 1 fully saturated rings. The molecule has 2 amide bonds. The van der Waals surface area contributed by atoms with Gasteiger partial charge in [0.1, 0.15) is 12.6 Å². The number of nitriles is 1. The van der Waals surface area contributed by atoms with Crippen molar-refractivity contribution in [1.29, 1.82) is 5.26 Å². The normalized spacial score (nSPS) is 16.5. The number of hydrogen-bond acceptors (Lipinski definition) is 4. The first-order valence-electron chi connectivity index (χ1n) is 9.56. The molecule has 28 heavy (non-hydrogen) atoms. The van der Waals surface area contributed by atoms with Gasteiger partial charge in [0.25, 0.3) is 5.91 Å². The van der Waals surface area contributed by atoms with Crippen LogP contribution in [-0.4, -0.2) is 54.3 Å². The van der Waals surface area contributed by atoms with Crippen molar-refractivity contribution in [2.45, 2.75) is 13.0 Å². The summed E-state index contributed by atoms with van der Waals surface area (Å²) in [6.45, 7) is 3.35. The number of fused-ring (bicyclic) bond motifs is 1. The lowest BCUT2D eigenvalue weighted by Gasteiger charge is -2.25. The summed E-state index contributed by atoms with van der Waals surface area (Å²) in [7, 11) is 0. The van der Waals surface area contributed by atoms with Gasteiger partial charge in [-0.3, -0.25) is 9.59 Å². The largest absolute Gasteiger partial charge is 0.369 e. The maximum Gasteiger partial charge on any atom is 0.254 e. The van der Waals surface area contributed by atoms with Crippen LogP contribution < -0.4 is 4.90 Å². The molecule has 0 spiro atoms. The molecule has 2 aliphatic rings. The Morgan fingerprint density at radius 2 is 1.79 bits per heavy atom. The zero-order chi connectivity index (χ0) is 19.5. The minimum absolute atomic E-state index is 0.0171. The third-order valence-corrected chi connectivity index (χ3v) is 5.44. The van der Waals surface area contributed by atoms with Crippen molar-refractivity contribution in [2.75, 3.05) is 37.6 Å². The molecule has 142 valence electrons. The predicted octanol–water partition coefficient (Wildman–Crippen LogP) is 2.25. The van der Waals surface area contributed by atoms with Crippen molar-refractivity contribution in [1.82, 2.24) is 9.80 Å². The first-order chi connectivity index (χ1) is 13.7. The molecule has 2 aromatic carbocycles. The molecule has 0 aliphatic carbocycles. The topological polar surface area (TPSA) is 67.7 Å². The second-order valence-corrected chi connectivity index (χ2v) is 7.17. The highest BCUT2D eigenvalue weighted by atomic mass is 16.2. The highest BCUT2D eigenvalue weighted by molar-refractivity contribution is 6.00. The van der Waals surface area contributed by atoms with Gasteiger partial charge in [0, 0.05) is 38.3 Å². The number of benzene rings is 2. The fourth-order valence-electron chi connectivity index (χ4n) is 3.96. The van der Waals surface area contributed by atoms with Crippen LogP contribution in [0.2, 0.25) is 0 Å². The van der Waals surface area contributed by atoms with Gasteiger partial charge in [-0.25, -0.2) is 0 Å². The van der Waals surface area contributed by atoms with Gasteiger partial charge < -0.3 is 14.7 Å². The minimum atomic E-state index is -0.0663. The van der Waals surface area contributed by atoms with Gasteiger partial charge in [0.2, 0.25) is 5.91 Å². The fourth-order valence-corrected chi connectivity index (χ4v) is 3.96. The minimum Gasteiger partial charge on any atom is -0.369 e. The van der Waals surface area contributed by atoms with Crippen LogP contribution in [0.5, 0.6) is 0 Å². The lowest BCUT2D eigenvalue weighted by atomic mass is 10.1. The summed E-state index contributed by atoms with van der Waals surface area (Å²) in [5.41, 5.74) is 3.26. The molecule has 6 nitrogen and oxygen atoms in total. The Labute approximate surface area is 164 Å². The molecule has 0 N–H and O–H groups in total. The average Bonchev–Trinajstić information content (AvgIpc) is 2.90.